The fourth-order valence-electron chi connectivity index (χ4n) is 1.58. The standard InChI is InChI=1S/C14H24N2O/c1-11(2)17-14-8-6-13(7-9-14)16-10-4-5-12(3)15/h6-9,11-12,16H,4-5,10,15H2,1-3H3. The van der Waals surface area contributed by atoms with E-state index in [4.69, 9.17) is 10.5 Å². The SMILES string of the molecule is CC(N)CCCNc1ccc(OC(C)C)cc1. The van der Waals surface area contributed by atoms with E-state index in [2.05, 4.69) is 5.32 Å². The maximum Gasteiger partial charge on any atom is 0.119 e. The molecule has 0 heterocycles. The lowest BCUT2D eigenvalue weighted by Crippen LogP contribution is -2.16. The first-order valence-electron chi connectivity index (χ1n) is 6.34. The quantitative estimate of drug-likeness (QED) is 0.715. The van der Waals surface area contributed by atoms with Crippen molar-refractivity contribution in [2.75, 3.05) is 11.9 Å². The minimum atomic E-state index is 0.222. The number of hydrogen-bond donors (Lipinski definition) is 2. The van der Waals surface area contributed by atoms with Crippen LogP contribution in [0, 0.1) is 0 Å². The van der Waals surface area contributed by atoms with Gasteiger partial charge in [0.15, 0.2) is 0 Å². The topological polar surface area (TPSA) is 47.3 Å². The molecule has 1 rings (SSSR count). The summed E-state index contributed by atoms with van der Waals surface area (Å²) in [4.78, 5) is 0. The molecule has 1 unspecified atom stereocenters. The number of nitrogens with one attached hydrogen (secondary N) is 1. The van der Waals surface area contributed by atoms with Crippen LogP contribution in [0.5, 0.6) is 5.75 Å². The average Bonchev–Trinajstić information content (AvgIpc) is 2.25. The van der Waals surface area contributed by atoms with Crippen molar-refractivity contribution in [2.24, 2.45) is 5.73 Å². The van der Waals surface area contributed by atoms with E-state index in [0.717, 1.165) is 30.8 Å². The van der Waals surface area contributed by atoms with Crippen LogP contribution in [0.15, 0.2) is 24.3 Å². The lowest BCUT2D eigenvalue weighted by Gasteiger charge is -2.11. The van der Waals surface area contributed by atoms with E-state index < -0.39 is 0 Å². The summed E-state index contributed by atoms with van der Waals surface area (Å²) in [7, 11) is 0. The van der Waals surface area contributed by atoms with Crippen LogP contribution < -0.4 is 15.8 Å². The molecule has 17 heavy (non-hydrogen) atoms. The number of ether oxygens (including phenoxy) is 1. The molecular weight excluding hydrogens is 212 g/mol. The summed E-state index contributed by atoms with van der Waals surface area (Å²) in [6.07, 6.45) is 2.38. The highest BCUT2D eigenvalue weighted by atomic mass is 16.5. The van der Waals surface area contributed by atoms with Gasteiger partial charge >= 0.3 is 0 Å². The maximum atomic E-state index is 5.69. The average molecular weight is 236 g/mol. The molecule has 1 atom stereocenters. The molecule has 0 amide bonds. The molecule has 1 aromatic rings. The maximum absolute atomic E-state index is 5.69. The van der Waals surface area contributed by atoms with Crippen LogP contribution in [0.25, 0.3) is 0 Å². The van der Waals surface area contributed by atoms with E-state index in [9.17, 15) is 0 Å². The highest BCUT2D eigenvalue weighted by Crippen LogP contribution is 2.16. The Bertz CT molecular complexity index is 307. The van der Waals surface area contributed by atoms with Gasteiger partial charge in [0.05, 0.1) is 6.10 Å². The van der Waals surface area contributed by atoms with Crippen LogP contribution in [0.1, 0.15) is 33.6 Å². The van der Waals surface area contributed by atoms with Crippen LogP contribution in [-0.2, 0) is 0 Å². The first-order valence-corrected chi connectivity index (χ1v) is 6.34. The third-order valence-corrected chi connectivity index (χ3v) is 2.39. The second kappa shape index (κ2) is 7.17. The molecule has 0 spiro atoms. The summed E-state index contributed by atoms with van der Waals surface area (Å²) >= 11 is 0. The fourth-order valence-corrected chi connectivity index (χ4v) is 1.58. The predicted octanol–water partition coefficient (Wildman–Crippen LogP) is 3.01. The molecule has 3 nitrogen and oxygen atoms in total. The van der Waals surface area contributed by atoms with Crippen molar-refractivity contribution in [2.45, 2.75) is 45.8 Å². The van der Waals surface area contributed by atoms with Crippen molar-refractivity contribution in [3.05, 3.63) is 24.3 Å². The van der Waals surface area contributed by atoms with Crippen molar-refractivity contribution >= 4 is 5.69 Å². The first kappa shape index (κ1) is 13.8. The lowest BCUT2D eigenvalue weighted by atomic mass is 10.2. The Hall–Kier alpha value is -1.22. The van der Waals surface area contributed by atoms with E-state index >= 15 is 0 Å². The number of rotatable bonds is 7. The van der Waals surface area contributed by atoms with Crippen LogP contribution in [0.4, 0.5) is 5.69 Å². The van der Waals surface area contributed by atoms with Crippen molar-refractivity contribution in [1.29, 1.82) is 0 Å². The largest absolute Gasteiger partial charge is 0.491 e. The molecule has 0 radical (unpaired) electrons. The van der Waals surface area contributed by atoms with Gasteiger partial charge in [-0.15, -0.1) is 0 Å². The molecule has 0 aromatic heterocycles. The molecule has 0 saturated heterocycles. The highest BCUT2D eigenvalue weighted by Gasteiger charge is 1.98. The Labute approximate surface area is 104 Å². The minimum Gasteiger partial charge on any atom is -0.491 e. The van der Waals surface area contributed by atoms with Gasteiger partial charge in [-0.3, -0.25) is 0 Å². The van der Waals surface area contributed by atoms with E-state index in [1.54, 1.807) is 0 Å². The van der Waals surface area contributed by atoms with E-state index in [1.807, 2.05) is 45.0 Å². The molecule has 0 fully saturated rings. The molecule has 3 heteroatoms. The summed E-state index contributed by atoms with van der Waals surface area (Å²) in [5.74, 6) is 0.918. The van der Waals surface area contributed by atoms with Crippen LogP contribution in [-0.4, -0.2) is 18.7 Å². The molecule has 0 saturated carbocycles. The minimum absolute atomic E-state index is 0.222. The Morgan fingerprint density at radius 2 is 1.82 bits per heavy atom. The second-order valence-corrected chi connectivity index (χ2v) is 4.74. The molecule has 0 bridgehead atoms. The molecular formula is C14H24N2O. The lowest BCUT2D eigenvalue weighted by molar-refractivity contribution is 0.242. The van der Waals surface area contributed by atoms with E-state index in [0.29, 0.717) is 6.04 Å². The number of nitrogens with two attached hydrogens (primary N) is 1. The molecule has 3 N–H and O–H groups in total. The van der Waals surface area contributed by atoms with Crippen molar-refractivity contribution in [3.63, 3.8) is 0 Å². The zero-order chi connectivity index (χ0) is 12.7. The van der Waals surface area contributed by atoms with Gasteiger partial charge in [0.2, 0.25) is 0 Å². The Kier molecular flexibility index (Phi) is 5.84. The molecule has 0 aliphatic carbocycles. The Morgan fingerprint density at radius 1 is 1.18 bits per heavy atom. The van der Waals surface area contributed by atoms with E-state index in [1.165, 1.54) is 0 Å². The van der Waals surface area contributed by atoms with Gasteiger partial charge < -0.3 is 15.8 Å². The van der Waals surface area contributed by atoms with Gasteiger partial charge in [-0.25, -0.2) is 0 Å². The van der Waals surface area contributed by atoms with Gasteiger partial charge in [-0.2, -0.15) is 0 Å². The zero-order valence-corrected chi connectivity index (χ0v) is 11.1. The Morgan fingerprint density at radius 3 is 2.35 bits per heavy atom. The fraction of sp³-hybridized carbons (Fsp3) is 0.571. The number of benzene rings is 1. The summed E-state index contributed by atoms with van der Waals surface area (Å²) < 4.78 is 5.58. The van der Waals surface area contributed by atoms with Crippen LogP contribution >= 0.6 is 0 Å². The summed E-state index contributed by atoms with van der Waals surface area (Å²) in [5, 5.41) is 3.37. The zero-order valence-electron chi connectivity index (χ0n) is 11.1. The van der Waals surface area contributed by atoms with Crippen molar-refractivity contribution in [3.8, 4) is 5.75 Å². The molecule has 96 valence electrons. The molecule has 0 aliphatic heterocycles. The second-order valence-electron chi connectivity index (χ2n) is 4.74. The van der Waals surface area contributed by atoms with Crippen molar-refractivity contribution in [1.82, 2.24) is 0 Å². The summed E-state index contributed by atoms with van der Waals surface area (Å²) in [6, 6.07) is 8.37. The summed E-state index contributed by atoms with van der Waals surface area (Å²) in [5.41, 5.74) is 6.82. The first-order chi connectivity index (χ1) is 8.08. The van der Waals surface area contributed by atoms with Crippen LogP contribution in [0.2, 0.25) is 0 Å². The molecule has 1 aromatic carbocycles. The van der Waals surface area contributed by atoms with Gasteiger partial charge in [0, 0.05) is 18.3 Å². The highest BCUT2D eigenvalue weighted by molar-refractivity contribution is 5.46. The molecule has 0 aliphatic rings. The van der Waals surface area contributed by atoms with E-state index in [-0.39, 0.29) is 6.10 Å². The monoisotopic (exact) mass is 236 g/mol. The van der Waals surface area contributed by atoms with Crippen molar-refractivity contribution < 1.29 is 4.74 Å². The third-order valence-electron chi connectivity index (χ3n) is 2.39. The smallest absolute Gasteiger partial charge is 0.119 e. The van der Waals surface area contributed by atoms with Gasteiger partial charge in [0.1, 0.15) is 5.75 Å². The number of hydrogen-bond acceptors (Lipinski definition) is 3. The van der Waals surface area contributed by atoms with Gasteiger partial charge in [0.25, 0.3) is 0 Å². The van der Waals surface area contributed by atoms with Gasteiger partial charge in [-0.05, 0) is 57.9 Å². The third kappa shape index (κ3) is 6.17. The number of anilines is 1. The van der Waals surface area contributed by atoms with Gasteiger partial charge in [-0.1, -0.05) is 0 Å². The predicted molar refractivity (Wildman–Crippen MR) is 73.6 cm³/mol. The Balaban J connectivity index is 2.30. The van der Waals surface area contributed by atoms with Crippen LogP contribution in [0.3, 0.4) is 0 Å². The summed E-state index contributed by atoms with van der Waals surface area (Å²) in [6.45, 7) is 7.06. The normalized spacial score (nSPS) is 12.5.